The van der Waals surface area contributed by atoms with E-state index in [1.165, 1.54) is 0 Å². The average Bonchev–Trinajstić information content (AvgIpc) is 2.92. The molecule has 0 unspecified atom stereocenters. The van der Waals surface area contributed by atoms with Gasteiger partial charge < -0.3 is 14.6 Å². The molecule has 2 aromatic carbocycles. The van der Waals surface area contributed by atoms with Gasteiger partial charge in [0.15, 0.2) is 5.76 Å². The summed E-state index contributed by atoms with van der Waals surface area (Å²) in [7, 11) is 0. The molecule has 126 valence electrons. The molecule has 0 radical (unpaired) electrons. The number of carbonyl (C=O) groups excluding carboxylic acids is 1. The van der Waals surface area contributed by atoms with Crippen molar-refractivity contribution in [2.75, 3.05) is 19.6 Å². The second-order valence-electron chi connectivity index (χ2n) is 6.27. The molecule has 2 heterocycles. The molecular weight excluding hydrogens is 324 g/mol. The average molecular weight is 345 g/mol. The number of aryl methyl sites for hydroxylation is 1. The summed E-state index contributed by atoms with van der Waals surface area (Å²) >= 11 is 0. The second-order valence-corrected chi connectivity index (χ2v) is 6.27. The predicted octanol–water partition coefficient (Wildman–Crippen LogP) is 3.75. The number of nitrogens with zero attached hydrogens (tertiary/aromatic N) is 1. The summed E-state index contributed by atoms with van der Waals surface area (Å²) in [6, 6.07) is 12.4. The lowest BCUT2D eigenvalue weighted by Gasteiger charge is -2.33. The van der Waals surface area contributed by atoms with Gasteiger partial charge in [-0.15, -0.1) is 12.4 Å². The molecule has 0 bridgehead atoms. The Labute approximate surface area is 147 Å². The highest BCUT2D eigenvalue weighted by atomic mass is 35.5. The van der Waals surface area contributed by atoms with E-state index in [-0.39, 0.29) is 24.4 Å². The van der Waals surface area contributed by atoms with Crippen molar-refractivity contribution >= 4 is 40.1 Å². The maximum Gasteiger partial charge on any atom is 0.290 e. The van der Waals surface area contributed by atoms with Crippen molar-refractivity contribution in [2.45, 2.75) is 19.9 Å². The summed E-state index contributed by atoms with van der Waals surface area (Å²) in [5, 5.41) is 6.52. The number of benzene rings is 2. The van der Waals surface area contributed by atoms with Crippen molar-refractivity contribution < 1.29 is 9.21 Å². The van der Waals surface area contributed by atoms with Crippen molar-refractivity contribution in [1.29, 1.82) is 0 Å². The number of halogens is 1. The molecule has 0 spiro atoms. The number of amides is 1. The summed E-state index contributed by atoms with van der Waals surface area (Å²) in [6.07, 6.45) is 0. The zero-order valence-electron chi connectivity index (χ0n) is 13.8. The fraction of sp³-hybridized carbons (Fsp3) is 0.316. The Morgan fingerprint density at radius 2 is 2.00 bits per heavy atom. The Bertz CT molecular complexity index is 903. The van der Waals surface area contributed by atoms with Gasteiger partial charge in [-0.25, -0.2) is 0 Å². The van der Waals surface area contributed by atoms with Crippen LogP contribution < -0.4 is 5.32 Å². The molecule has 4 rings (SSSR count). The van der Waals surface area contributed by atoms with Crippen molar-refractivity contribution in [3.63, 3.8) is 0 Å². The minimum absolute atomic E-state index is 0. The highest BCUT2D eigenvalue weighted by Crippen LogP contribution is 2.32. The largest absolute Gasteiger partial charge is 0.450 e. The topological polar surface area (TPSA) is 45.5 Å². The molecule has 3 aromatic rings. The van der Waals surface area contributed by atoms with E-state index in [0.29, 0.717) is 5.76 Å². The number of nitrogens with one attached hydrogen (secondary N) is 1. The fourth-order valence-corrected chi connectivity index (χ4v) is 3.43. The summed E-state index contributed by atoms with van der Waals surface area (Å²) in [5.41, 5.74) is 1.74. The van der Waals surface area contributed by atoms with Crippen LogP contribution in [0.15, 0.2) is 40.8 Å². The van der Waals surface area contributed by atoms with Gasteiger partial charge in [-0.2, -0.15) is 0 Å². The molecule has 0 aliphatic carbocycles. The molecule has 0 saturated carbocycles. The molecule has 1 aromatic heterocycles. The summed E-state index contributed by atoms with van der Waals surface area (Å²) < 4.78 is 6.06. The highest BCUT2D eigenvalue weighted by Gasteiger charge is 2.28. The number of hydrogen-bond donors (Lipinski definition) is 1. The molecule has 1 aliphatic rings. The molecule has 1 atom stereocenters. The van der Waals surface area contributed by atoms with E-state index in [2.05, 4.69) is 30.4 Å². The number of hydrogen-bond acceptors (Lipinski definition) is 3. The van der Waals surface area contributed by atoms with E-state index < -0.39 is 0 Å². The third-order valence-corrected chi connectivity index (χ3v) is 4.78. The van der Waals surface area contributed by atoms with Gasteiger partial charge in [-0.1, -0.05) is 36.4 Å². The van der Waals surface area contributed by atoms with E-state index >= 15 is 0 Å². The van der Waals surface area contributed by atoms with Crippen LogP contribution in [0.5, 0.6) is 0 Å². The predicted molar refractivity (Wildman–Crippen MR) is 99.1 cm³/mol. The van der Waals surface area contributed by atoms with Crippen LogP contribution in [0.2, 0.25) is 0 Å². The van der Waals surface area contributed by atoms with Crippen LogP contribution in [0.1, 0.15) is 23.0 Å². The van der Waals surface area contributed by atoms with Crippen LogP contribution >= 0.6 is 12.4 Å². The van der Waals surface area contributed by atoms with Crippen molar-refractivity contribution in [3.8, 4) is 0 Å². The van der Waals surface area contributed by atoms with Crippen molar-refractivity contribution in [2.24, 2.45) is 0 Å². The van der Waals surface area contributed by atoms with E-state index in [4.69, 9.17) is 4.42 Å². The van der Waals surface area contributed by atoms with E-state index in [1.807, 2.05) is 30.0 Å². The van der Waals surface area contributed by atoms with Crippen LogP contribution in [0.25, 0.3) is 21.7 Å². The number of rotatable bonds is 1. The third kappa shape index (κ3) is 2.56. The van der Waals surface area contributed by atoms with Crippen molar-refractivity contribution in [3.05, 3.63) is 47.7 Å². The molecule has 1 saturated heterocycles. The van der Waals surface area contributed by atoms with Crippen molar-refractivity contribution in [1.82, 2.24) is 10.2 Å². The minimum Gasteiger partial charge on any atom is -0.450 e. The van der Waals surface area contributed by atoms with Gasteiger partial charge in [0.25, 0.3) is 5.91 Å². The van der Waals surface area contributed by atoms with Gasteiger partial charge in [-0.05, 0) is 19.2 Å². The molecule has 24 heavy (non-hydrogen) atoms. The Morgan fingerprint density at radius 1 is 1.21 bits per heavy atom. The zero-order chi connectivity index (χ0) is 16.0. The monoisotopic (exact) mass is 344 g/mol. The molecule has 1 fully saturated rings. The quantitative estimate of drug-likeness (QED) is 0.731. The Balaban J connectivity index is 0.00000169. The molecule has 1 N–H and O–H groups in total. The first kappa shape index (κ1) is 16.8. The van der Waals surface area contributed by atoms with Crippen LogP contribution in [0.3, 0.4) is 0 Å². The second kappa shape index (κ2) is 6.46. The van der Waals surface area contributed by atoms with Crippen LogP contribution in [0.4, 0.5) is 0 Å². The lowest BCUT2D eigenvalue weighted by atomic mass is 10.1. The Hall–Kier alpha value is -2.04. The molecule has 4 nitrogen and oxygen atoms in total. The standard InChI is InChI=1S/C19H20N2O2.ClH/c1-12-11-20-9-10-21(12)19(22)17-13(2)15-8-7-14-5-3-4-6-16(14)18(15)23-17;/h3-8,12,20H,9-11H2,1-2H3;1H/t12-;/m0./s1. The summed E-state index contributed by atoms with van der Waals surface area (Å²) in [6.45, 7) is 6.42. The fourth-order valence-electron chi connectivity index (χ4n) is 3.43. The lowest BCUT2D eigenvalue weighted by Crippen LogP contribution is -2.52. The van der Waals surface area contributed by atoms with Gasteiger partial charge >= 0.3 is 0 Å². The van der Waals surface area contributed by atoms with Gasteiger partial charge in [0, 0.05) is 42.0 Å². The van der Waals surface area contributed by atoms with Gasteiger partial charge in [-0.3, -0.25) is 4.79 Å². The molecule has 1 aliphatic heterocycles. The van der Waals surface area contributed by atoms with E-state index in [1.54, 1.807) is 0 Å². The Kier molecular flexibility index (Phi) is 4.52. The van der Waals surface area contributed by atoms with Crippen LogP contribution in [-0.4, -0.2) is 36.5 Å². The van der Waals surface area contributed by atoms with Gasteiger partial charge in [0.05, 0.1) is 0 Å². The number of fused-ring (bicyclic) bond motifs is 3. The number of piperazine rings is 1. The number of furan rings is 1. The lowest BCUT2D eigenvalue weighted by molar-refractivity contribution is 0.0624. The van der Waals surface area contributed by atoms with E-state index in [0.717, 1.165) is 46.9 Å². The Morgan fingerprint density at radius 3 is 2.79 bits per heavy atom. The molecule has 5 heteroatoms. The zero-order valence-corrected chi connectivity index (χ0v) is 14.7. The highest BCUT2D eigenvalue weighted by molar-refractivity contribution is 6.08. The maximum absolute atomic E-state index is 12.9. The first-order valence-corrected chi connectivity index (χ1v) is 8.09. The maximum atomic E-state index is 12.9. The smallest absolute Gasteiger partial charge is 0.290 e. The van der Waals surface area contributed by atoms with Gasteiger partial charge in [0.1, 0.15) is 5.58 Å². The minimum atomic E-state index is -0.00298. The number of carbonyl (C=O) groups is 1. The SMILES string of the molecule is Cc1c(C(=O)N2CCNC[C@@H]2C)oc2c1ccc1ccccc12.Cl. The van der Waals surface area contributed by atoms with E-state index in [9.17, 15) is 4.79 Å². The molecular formula is C19H21ClN2O2. The van der Waals surface area contributed by atoms with Crippen LogP contribution in [0, 0.1) is 6.92 Å². The molecule has 1 amide bonds. The summed E-state index contributed by atoms with van der Waals surface area (Å²) in [4.78, 5) is 14.8. The normalized spacial score (nSPS) is 17.9. The first-order chi connectivity index (χ1) is 11.2. The first-order valence-electron chi connectivity index (χ1n) is 8.09. The third-order valence-electron chi connectivity index (χ3n) is 4.78. The van der Waals surface area contributed by atoms with Crippen LogP contribution in [-0.2, 0) is 0 Å². The van der Waals surface area contributed by atoms with Gasteiger partial charge in [0.2, 0.25) is 0 Å². The summed E-state index contributed by atoms with van der Waals surface area (Å²) in [5.74, 6) is 0.474.